The van der Waals surface area contributed by atoms with Gasteiger partial charge in [-0.15, -0.1) is 0 Å². The molecule has 20 heavy (non-hydrogen) atoms. The van der Waals surface area contributed by atoms with Crippen molar-refractivity contribution >= 4 is 21.9 Å². The average molecular weight is 316 g/mol. The summed E-state index contributed by atoms with van der Waals surface area (Å²) < 4.78 is 30.1. The minimum absolute atomic E-state index is 0.176. The number of hydrogen-bond donors (Lipinski definition) is 2. The first-order chi connectivity index (χ1) is 9.47. The van der Waals surface area contributed by atoms with E-state index in [1.165, 1.54) is 11.8 Å². The minimum Gasteiger partial charge on any atom is -0.265 e. The zero-order chi connectivity index (χ0) is 14.6. The van der Waals surface area contributed by atoms with Gasteiger partial charge in [0.2, 0.25) is 5.18 Å². The second kappa shape index (κ2) is 6.44. The largest absolute Gasteiger partial charge is 0.300 e. The zero-order valence-corrected chi connectivity index (χ0v) is 13.3. The lowest BCUT2D eigenvalue weighted by molar-refractivity contribution is 0.136. The second-order valence-corrected chi connectivity index (χ2v) is 7.49. The summed E-state index contributed by atoms with van der Waals surface area (Å²) in [4.78, 5) is 0.176. The van der Waals surface area contributed by atoms with E-state index in [0.29, 0.717) is 13.1 Å². The van der Waals surface area contributed by atoms with Crippen LogP contribution in [0.25, 0.3) is 0 Å². The Kier molecular flexibility index (Phi) is 5.09. The zero-order valence-electron chi connectivity index (χ0n) is 11.7. The maximum absolute atomic E-state index is 12.4. The molecule has 2 N–H and O–H groups in total. The summed E-state index contributed by atoms with van der Waals surface area (Å²) in [5.74, 6) is 0.809. The molecule has 7 heteroatoms. The van der Waals surface area contributed by atoms with Crippen molar-refractivity contribution in [3.05, 3.63) is 29.8 Å². The van der Waals surface area contributed by atoms with Crippen LogP contribution in [0.3, 0.4) is 0 Å². The Morgan fingerprint density at radius 1 is 1.25 bits per heavy atom. The van der Waals surface area contributed by atoms with Gasteiger partial charge in [-0.2, -0.15) is 8.42 Å². The monoisotopic (exact) mass is 316 g/mol. The van der Waals surface area contributed by atoms with E-state index in [4.69, 9.17) is 4.18 Å². The van der Waals surface area contributed by atoms with Gasteiger partial charge in [-0.25, -0.2) is 4.18 Å². The van der Waals surface area contributed by atoms with E-state index >= 15 is 0 Å². The van der Waals surface area contributed by atoms with Crippen LogP contribution in [0.5, 0.6) is 0 Å². The standard InChI is InChI=1S/C13H20N2O3S2/c1-3-10-19-13(14-8-9-15-13)18-20(16,17)12-6-4-11(2)5-7-12/h4-7,14-15H,3,8-10H2,1-2H3. The molecule has 0 bridgehead atoms. The van der Waals surface area contributed by atoms with Crippen LogP contribution in [0.1, 0.15) is 18.9 Å². The summed E-state index contributed by atoms with van der Waals surface area (Å²) in [5, 5.41) is 5.14. The summed E-state index contributed by atoms with van der Waals surface area (Å²) in [6.07, 6.45) is 0.948. The van der Waals surface area contributed by atoms with Crippen LogP contribution in [0.2, 0.25) is 0 Å². The Bertz CT molecular complexity index is 537. The van der Waals surface area contributed by atoms with Crippen molar-refractivity contribution in [1.29, 1.82) is 0 Å². The molecule has 2 rings (SSSR count). The third-order valence-corrected chi connectivity index (χ3v) is 5.70. The predicted octanol–water partition coefficient (Wildman–Crippen LogP) is 1.65. The summed E-state index contributed by atoms with van der Waals surface area (Å²) in [7, 11) is -3.80. The van der Waals surface area contributed by atoms with Crippen molar-refractivity contribution in [3.63, 3.8) is 0 Å². The summed E-state index contributed by atoms with van der Waals surface area (Å²) in [5.41, 5.74) is 1.01. The highest BCUT2D eigenvalue weighted by Gasteiger charge is 2.40. The fourth-order valence-corrected chi connectivity index (χ4v) is 4.21. The molecule has 0 amide bonds. The Labute approximate surface area is 124 Å². The van der Waals surface area contributed by atoms with Gasteiger partial charge in [0.1, 0.15) is 0 Å². The first-order valence-corrected chi connectivity index (χ1v) is 9.03. The molecule has 0 radical (unpaired) electrons. The van der Waals surface area contributed by atoms with Crippen LogP contribution >= 0.6 is 11.8 Å². The smallest absolute Gasteiger partial charge is 0.265 e. The molecule has 112 valence electrons. The van der Waals surface area contributed by atoms with Gasteiger partial charge in [0.25, 0.3) is 0 Å². The molecule has 0 saturated carbocycles. The normalized spacial score (nSPS) is 18.3. The molecule has 1 fully saturated rings. The number of benzene rings is 1. The highest BCUT2D eigenvalue weighted by atomic mass is 32.2. The molecule has 0 aliphatic carbocycles. The summed E-state index contributed by atoms with van der Waals surface area (Å²) >= 11 is 1.43. The quantitative estimate of drug-likeness (QED) is 0.614. The Balaban J connectivity index is 2.18. The number of hydrogen-bond acceptors (Lipinski definition) is 6. The lowest BCUT2D eigenvalue weighted by atomic mass is 10.2. The van der Waals surface area contributed by atoms with E-state index in [1.807, 2.05) is 13.8 Å². The van der Waals surface area contributed by atoms with Crippen LogP contribution in [-0.4, -0.2) is 32.4 Å². The highest BCUT2D eigenvalue weighted by molar-refractivity contribution is 8.01. The predicted molar refractivity (Wildman–Crippen MR) is 80.9 cm³/mol. The maximum atomic E-state index is 12.4. The van der Waals surface area contributed by atoms with Gasteiger partial charge in [0.05, 0.1) is 4.90 Å². The maximum Gasteiger partial charge on any atom is 0.300 e. The van der Waals surface area contributed by atoms with Crippen LogP contribution in [-0.2, 0) is 14.3 Å². The summed E-state index contributed by atoms with van der Waals surface area (Å²) in [6, 6.07) is 6.66. The topological polar surface area (TPSA) is 67.4 Å². The fourth-order valence-electron chi connectivity index (χ4n) is 1.86. The lowest BCUT2D eigenvalue weighted by Gasteiger charge is -2.28. The SMILES string of the molecule is CCCSC1(OS(=O)(=O)c2ccc(C)cc2)NCCN1. The molecular weight excluding hydrogens is 296 g/mol. The van der Waals surface area contributed by atoms with E-state index in [-0.39, 0.29) is 4.90 Å². The molecule has 1 saturated heterocycles. The van der Waals surface area contributed by atoms with Crippen LogP contribution in [0.4, 0.5) is 0 Å². The van der Waals surface area contributed by atoms with Crippen molar-refractivity contribution in [3.8, 4) is 0 Å². The average Bonchev–Trinajstić information content (AvgIpc) is 2.85. The molecule has 1 heterocycles. The van der Waals surface area contributed by atoms with Crippen LogP contribution in [0, 0.1) is 6.92 Å². The number of thioether (sulfide) groups is 1. The van der Waals surface area contributed by atoms with E-state index < -0.39 is 15.3 Å². The first-order valence-electron chi connectivity index (χ1n) is 6.64. The Hall–Kier alpha value is -0.600. The molecule has 1 aliphatic heterocycles. The van der Waals surface area contributed by atoms with Gasteiger partial charge in [0.15, 0.2) is 0 Å². The van der Waals surface area contributed by atoms with E-state index in [1.54, 1.807) is 24.3 Å². The van der Waals surface area contributed by atoms with Gasteiger partial charge >= 0.3 is 10.1 Å². The highest BCUT2D eigenvalue weighted by Crippen LogP contribution is 2.28. The number of rotatable bonds is 6. The van der Waals surface area contributed by atoms with E-state index in [0.717, 1.165) is 17.7 Å². The molecule has 5 nitrogen and oxygen atoms in total. The molecule has 0 unspecified atom stereocenters. The minimum atomic E-state index is -3.80. The lowest BCUT2D eigenvalue weighted by Crippen LogP contribution is -2.50. The third kappa shape index (κ3) is 3.73. The molecular formula is C13H20N2O3S2. The fraction of sp³-hybridized carbons (Fsp3) is 0.538. The number of nitrogens with one attached hydrogen (secondary N) is 2. The molecule has 1 aromatic rings. The van der Waals surface area contributed by atoms with Gasteiger partial charge in [-0.05, 0) is 31.2 Å². The molecule has 1 aromatic carbocycles. The summed E-state index contributed by atoms with van der Waals surface area (Å²) in [6.45, 7) is 5.32. The third-order valence-electron chi connectivity index (χ3n) is 2.89. The number of aryl methyl sites for hydroxylation is 1. The van der Waals surface area contributed by atoms with Crippen molar-refractivity contribution in [2.75, 3.05) is 18.8 Å². The molecule has 0 spiro atoms. The van der Waals surface area contributed by atoms with Crippen molar-refractivity contribution < 1.29 is 12.6 Å². The van der Waals surface area contributed by atoms with Crippen LogP contribution in [0.15, 0.2) is 29.2 Å². The molecule has 0 aromatic heterocycles. The van der Waals surface area contributed by atoms with Crippen molar-refractivity contribution in [2.45, 2.75) is 30.3 Å². The first kappa shape index (κ1) is 15.8. The van der Waals surface area contributed by atoms with Gasteiger partial charge in [0, 0.05) is 13.1 Å². The van der Waals surface area contributed by atoms with Gasteiger partial charge in [-0.3, -0.25) is 10.6 Å². The van der Waals surface area contributed by atoms with Crippen molar-refractivity contribution in [1.82, 2.24) is 10.6 Å². The Morgan fingerprint density at radius 3 is 2.40 bits per heavy atom. The molecule has 0 atom stereocenters. The van der Waals surface area contributed by atoms with E-state index in [2.05, 4.69) is 10.6 Å². The van der Waals surface area contributed by atoms with E-state index in [9.17, 15) is 8.42 Å². The van der Waals surface area contributed by atoms with Gasteiger partial charge in [-0.1, -0.05) is 36.4 Å². The van der Waals surface area contributed by atoms with Gasteiger partial charge < -0.3 is 0 Å². The van der Waals surface area contributed by atoms with Crippen molar-refractivity contribution in [2.24, 2.45) is 0 Å². The molecule has 1 aliphatic rings. The second-order valence-electron chi connectivity index (χ2n) is 4.67. The van der Waals surface area contributed by atoms with Crippen LogP contribution < -0.4 is 10.6 Å². The Morgan fingerprint density at radius 2 is 1.85 bits per heavy atom.